The van der Waals surface area contributed by atoms with Crippen LogP contribution in [-0.2, 0) is 5.41 Å². The summed E-state index contributed by atoms with van der Waals surface area (Å²) >= 11 is 6.61. The van der Waals surface area contributed by atoms with E-state index in [0.717, 1.165) is 5.02 Å². The molecule has 0 fully saturated rings. The zero-order valence-corrected chi connectivity index (χ0v) is 19.1. The first kappa shape index (κ1) is 18.5. The van der Waals surface area contributed by atoms with Gasteiger partial charge in [-0.3, -0.25) is 0 Å². The molecule has 0 amide bonds. The van der Waals surface area contributed by atoms with E-state index in [1.165, 1.54) is 66.1 Å². The van der Waals surface area contributed by atoms with E-state index >= 15 is 0 Å². The number of hydrogen-bond donors (Lipinski definition) is 0. The third-order valence-electron chi connectivity index (χ3n) is 7.91. The maximum absolute atomic E-state index is 6.61. The summed E-state index contributed by atoms with van der Waals surface area (Å²) in [5.74, 6) is 0. The van der Waals surface area contributed by atoms with Gasteiger partial charge in [-0.15, -0.1) is 0 Å². The molecule has 0 heterocycles. The van der Waals surface area contributed by atoms with E-state index in [9.17, 15) is 0 Å². The Kier molecular flexibility index (Phi) is 3.48. The van der Waals surface area contributed by atoms with Gasteiger partial charge in [-0.05, 0) is 78.2 Å². The van der Waals surface area contributed by atoms with Crippen LogP contribution in [0, 0.1) is 0 Å². The third-order valence-corrected chi connectivity index (χ3v) is 8.15. The van der Waals surface area contributed by atoms with Gasteiger partial charge in [0.1, 0.15) is 0 Å². The molecule has 2 aliphatic rings. The standard InChI is InChI=1S/C33H19Cl/c34-22-16-13-21-14-17-25-24-9-3-5-11-28(24)33(32(25)27(21)19-22)29-12-6-4-10-26(29)31-23-8-2-1-7-20(23)15-18-30(31)33/h1-19H. The molecule has 6 aromatic carbocycles. The molecule has 0 saturated carbocycles. The second-order valence-electron chi connectivity index (χ2n) is 9.40. The molecule has 0 saturated heterocycles. The van der Waals surface area contributed by atoms with Gasteiger partial charge in [0.25, 0.3) is 0 Å². The van der Waals surface area contributed by atoms with Gasteiger partial charge in [0.15, 0.2) is 0 Å². The number of halogens is 1. The van der Waals surface area contributed by atoms with Crippen molar-refractivity contribution in [3.8, 4) is 22.3 Å². The highest BCUT2D eigenvalue weighted by molar-refractivity contribution is 6.31. The molecular formula is C33H19Cl. The second kappa shape index (κ2) is 6.38. The Morgan fingerprint density at radius 1 is 0.471 bits per heavy atom. The fourth-order valence-electron chi connectivity index (χ4n) is 6.71. The van der Waals surface area contributed by atoms with Crippen molar-refractivity contribution in [2.45, 2.75) is 5.41 Å². The van der Waals surface area contributed by atoms with E-state index < -0.39 is 0 Å². The van der Waals surface area contributed by atoms with E-state index in [-0.39, 0.29) is 5.41 Å². The minimum atomic E-state index is -0.369. The van der Waals surface area contributed by atoms with Crippen molar-refractivity contribution >= 4 is 33.1 Å². The Hall–Kier alpha value is -3.87. The number of benzene rings is 6. The number of rotatable bonds is 0. The molecule has 1 heteroatoms. The van der Waals surface area contributed by atoms with Crippen LogP contribution >= 0.6 is 11.6 Å². The monoisotopic (exact) mass is 450 g/mol. The molecule has 0 radical (unpaired) electrons. The summed E-state index contributed by atoms with van der Waals surface area (Å²) in [4.78, 5) is 0. The Bertz CT molecular complexity index is 1830. The first-order chi connectivity index (χ1) is 16.8. The first-order valence-corrected chi connectivity index (χ1v) is 12.1. The van der Waals surface area contributed by atoms with Gasteiger partial charge in [-0.1, -0.05) is 115 Å². The smallest absolute Gasteiger partial charge is 0.0731 e. The predicted octanol–water partition coefficient (Wildman–Crippen LogP) is 8.99. The summed E-state index contributed by atoms with van der Waals surface area (Å²) < 4.78 is 0. The maximum Gasteiger partial charge on any atom is 0.0731 e. The highest BCUT2D eigenvalue weighted by Crippen LogP contribution is 2.64. The molecule has 0 bridgehead atoms. The molecule has 6 aromatic rings. The lowest BCUT2D eigenvalue weighted by Crippen LogP contribution is -2.26. The van der Waals surface area contributed by atoms with Gasteiger partial charge in [0.05, 0.1) is 5.41 Å². The normalized spacial score (nSPS) is 17.1. The van der Waals surface area contributed by atoms with E-state index in [1.807, 2.05) is 6.07 Å². The first-order valence-electron chi connectivity index (χ1n) is 11.7. The van der Waals surface area contributed by atoms with Crippen molar-refractivity contribution in [3.63, 3.8) is 0 Å². The molecule has 1 unspecified atom stereocenters. The van der Waals surface area contributed by atoms with Crippen LogP contribution in [-0.4, -0.2) is 0 Å². The van der Waals surface area contributed by atoms with Gasteiger partial charge < -0.3 is 0 Å². The fourth-order valence-corrected chi connectivity index (χ4v) is 6.88. The summed E-state index contributed by atoms with van der Waals surface area (Å²) in [6, 6.07) is 42.2. The molecule has 0 nitrogen and oxygen atoms in total. The van der Waals surface area contributed by atoms with Gasteiger partial charge in [-0.25, -0.2) is 0 Å². The summed E-state index contributed by atoms with van der Waals surface area (Å²) in [7, 11) is 0. The van der Waals surface area contributed by atoms with E-state index in [4.69, 9.17) is 11.6 Å². The lowest BCUT2D eigenvalue weighted by Gasteiger charge is -2.31. The predicted molar refractivity (Wildman–Crippen MR) is 143 cm³/mol. The number of fused-ring (bicyclic) bond motifs is 14. The van der Waals surface area contributed by atoms with Gasteiger partial charge in [0, 0.05) is 5.02 Å². The number of hydrogen-bond acceptors (Lipinski definition) is 0. The molecule has 2 aliphatic carbocycles. The zero-order chi connectivity index (χ0) is 22.4. The Balaban J connectivity index is 1.67. The zero-order valence-electron chi connectivity index (χ0n) is 18.3. The molecular weight excluding hydrogens is 432 g/mol. The topological polar surface area (TPSA) is 0 Å². The SMILES string of the molecule is Clc1ccc2ccc3c(c2c1)C1(c2ccccc2-3)c2ccccc2-c2c1ccc1ccccc21. The van der Waals surface area contributed by atoms with E-state index in [0.29, 0.717) is 0 Å². The maximum atomic E-state index is 6.61. The summed E-state index contributed by atoms with van der Waals surface area (Å²) in [5.41, 5.74) is 10.4. The van der Waals surface area contributed by atoms with Crippen molar-refractivity contribution in [1.82, 2.24) is 0 Å². The van der Waals surface area contributed by atoms with Crippen LogP contribution in [0.4, 0.5) is 0 Å². The average Bonchev–Trinajstić information content (AvgIpc) is 3.36. The molecule has 8 rings (SSSR count). The van der Waals surface area contributed by atoms with E-state index in [1.54, 1.807) is 0 Å². The van der Waals surface area contributed by atoms with Crippen molar-refractivity contribution in [2.24, 2.45) is 0 Å². The third kappa shape index (κ3) is 2.07. The fraction of sp³-hybridized carbons (Fsp3) is 0.0303. The summed E-state index contributed by atoms with van der Waals surface area (Å²) in [6.07, 6.45) is 0. The summed E-state index contributed by atoms with van der Waals surface area (Å²) in [6.45, 7) is 0. The minimum absolute atomic E-state index is 0.369. The van der Waals surface area contributed by atoms with Gasteiger partial charge in [0.2, 0.25) is 0 Å². The molecule has 0 aliphatic heterocycles. The largest absolute Gasteiger partial charge is 0.0843 e. The van der Waals surface area contributed by atoms with Crippen molar-refractivity contribution < 1.29 is 0 Å². The van der Waals surface area contributed by atoms with Crippen LogP contribution in [0.1, 0.15) is 22.3 Å². The highest BCUT2D eigenvalue weighted by atomic mass is 35.5. The van der Waals surface area contributed by atoms with Crippen LogP contribution in [0.15, 0.2) is 115 Å². The molecule has 0 N–H and O–H groups in total. The average molecular weight is 451 g/mol. The Labute approximate surface area is 203 Å². The molecule has 1 atom stereocenters. The van der Waals surface area contributed by atoms with Crippen LogP contribution < -0.4 is 0 Å². The molecule has 158 valence electrons. The minimum Gasteiger partial charge on any atom is -0.0843 e. The molecule has 34 heavy (non-hydrogen) atoms. The van der Waals surface area contributed by atoms with Crippen LogP contribution in [0.2, 0.25) is 5.02 Å². The lowest BCUT2D eigenvalue weighted by molar-refractivity contribution is 0.802. The molecule has 1 spiro atoms. The van der Waals surface area contributed by atoms with Crippen molar-refractivity contribution in [3.05, 3.63) is 143 Å². The quantitative estimate of drug-likeness (QED) is 0.216. The Morgan fingerprint density at radius 3 is 2.00 bits per heavy atom. The second-order valence-corrected chi connectivity index (χ2v) is 9.84. The Morgan fingerprint density at radius 2 is 1.12 bits per heavy atom. The summed E-state index contributed by atoms with van der Waals surface area (Å²) in [5, 5.41) is 5.82. The van der Waals surface area contributed by atoms with Crippen molar-refractivity contribution in [2.75, 3.05) is 0 Å². The van der Waals surface area contributed by atoms with Crippen LogP contribution in [0.25, 0.3) is 43.8 Å². The lowest BCUT2D eigenvalue weighted by atomic mass is 9.69. The highest BCUT2D eigenvalue weighted by Gasteiger charge is 2.52. The van der Waals surface area contributed by atoms with Gasteiger partial charge >= 0.3 is 0 Å². The van der Waals surface area contributed by atoms with Crippen LogP contribution in [0.3, 0.4) is 0 Å². The molecule has 0 aromatic heterocycles. The van der Waals surface area contributed by atoms with Crippen LogP contribution in [0.5, 0.6) is 0 Å². The van der Waals surface area contributed by atoms with Crippen molar-refractivity contribution in [1.29, 1.82) is 0 Å². The van der Waals surface area contributed by atoms with Gasteiger partial charge in [-0.2, -0.15) is 0 Å². The van der Waals surface area contributed by atoms with E-state index in [2.05, 4.69) is 109 Å².